The standard InChI is InChI=1S/C19H20O3/c1-3-12-22-18(20)19(13-21-2)16-10-6-4-8-14(16)15-9-5-7-11-17(15)19/h4-11H,3,12-13H2,1-2H3. The first-order chi connectivity index (χ1) is 10.8. The largest absolute Gasteiger partial charge is 0.465 e. The van der Waals surface area contributed by atoms with Gasteiger partial charge in [-0.15, -0.1) is 0 Å². The molecule has 0 aliphatic heterocycles. The summed E-state index contributed by atoms with van der Waals surface area (Å²) in [6.07, 6.45) is 0.804. The molecule has 2 aromatic rings. The zero-order valence-corrected chi connectivity index (χ0v) is 13.0. The van der Waals surface area contributed by atoms with Gasteiger partial charge in [-0.2, -0.15) is 0 Å². The van der Waals surface area contributed by atoms with Gasteiger partial charge in [0.15, 0.2) is 0 Å². The minimum Gasteiger partial charge on any atom is -0.465 e. The molecule has 0 spiro atoms. The minimum absolute atomic E-state index is 0.228. The van der Waals surface area contributed by atoms with Crippen LogP contribution in [0.3, 0.4) is 0 Å². The maximum atomic E-state index is 12.9. The van der Waals surface area contributed by atoms with E-state index < -0.39 is 5.41 Å². The van der Waals surface area contributed by atoms with Crippen LogP contribution in [-0.2, 0) is 19.7 Å². The Bertz CT molecular complexity index is 645. The van der Waals surface area contributed by atoms with Crippen molar-refractivity contribution in [2.45, 2.75) is 18.8 Å². The number of rotatable bonds is 5. The fraction of sp³-hybridized carbons (Fsp3) is 0.316. The van der Waals surface area contributed by atoms with Crippen molar-refractivity contribution in [2.24, 2.45) is 0 Å². The van der Waals surface area contributed by atoms with E-state index in [1.807, 2.05) is 43.3 Å². The van der Waals surface area contributed by atoms with Crippen molar-refractivity contribution >= 4 is 5.97 Å². The molecular weight excluding hydrogens is 276 g/mol. The maximum Gasteiger partial charge on any atom is 0.323 e. The van der Waals surface area contributed by atoms with E-state index >= 15 is 0 Å². The summed E-state index contributed by atoms with van der Waals surface area (Å²) in [7, 11) is 1.62. The lowest BCUT2D eigenvalue weighted by Gasteiger charge is -2.28. The summed E-state index contributed by atoms with van der Waals surface area (Å²) < 4.78 is 11.0. The molecule has 0 aromatic heterocycles. The van der Waals surface area contributed by atoms with Gasteiger partial charge in [0.05, 0.1) is 13.2 Å². The molecular formula is C19H20O3. The number of fused-ring (bicyclic) bond motifs is 3. The van der Waals surface area contributed by atoms with Gasteiger partial charge in [-0.3, -0.25) is 4.79 Å². The molecule has 0 saturated carbocycles. The van der Waals surface area contributed by atoms with E-state index in [0.29, 0.717) is 6.61 Å². The number of methoxy groups -OCH3 is 1. The molecule has 0 radical (unpaired) electrons. The second-order valence-electron chi connectivity index (χ2n) is 5.57. The third-order valence-corrected chi connectivity index (χ3v) is 4.21. The molecule has 22 heavy (non-hydrogen) atoms. The third-order valence-electron chi connectivity index (χ3n) is 4.21. The van der Waals surface area contributed by atoms with E-state index in [2.05, 4.69) is 12.1 Å². The molecule has 0 heterocycles. The zero-order valence-electron chi connectivity index (χ0n) is 13.0. The number of carbonyl (C=O) groups excluding carboxylic acids is 1. The molecule has 3 heteroatoms. The van der Waals surface area contributed by atoms with E-state index in [9.17, 15) is 4.79 Å². The summed E-state index contributed by atoms with van der Waals surface area (Å²) in [4.78, 5) is 12.9. The monoisotopic (exact) mass is 296 g/mol. The summed E-state index contributed by atoms with van der Waals surface area (Å²) in [6.45, 7) is 2.70. The minimum atomic E-state index is -0.864. The van der Waals surface area contributed by atoms with Gasteiger partial charge in [0, 0.05) is 7.11 Å². The maximum absolute atomic E-state index is 12.9. The quantitative estimate of drug-likeness (QED) is 0.792. The van der Waals surface area contributed by atoms with Crippen LogP contribution in [0.2, 0.25) is 0 Å². The van der Waals surface area contributed by atoms with Crippen LogP contribution in [0.1, 0.15) is 24.5 Å². The lowest BCUT2D eigenvalue weighted by molar-refractivity contribution is -0.150. The van der Waals surface area contributed by atoms with Crippen LogP contribution in [0.4, 0.5) is 0 Å². The Hall–Kier alpha value is -2.13. The number of hydrogen-bond acceptors (Lipinski definition) is 3. The van der Waals surface area contributed by atoms with Crippen LogP contribution in [0.15, 0.2) is 48.5 Å². The summed E-state index contributed by atoms with van der Waals surface area (Å²) in [5.41, 5.74) is 3.25. The van der Waals surface area contributed by atoms with Crippen LogP contribution < -0.4 is 0 Å². The summed E-state index contributed by atoms with van der Waals surface area (Å²) in [5, 5.41) is 0. The topological polar surface area (TPSA) is 35.5 Å². The van der Waals surface area contributed by atoms with Crippen molar-refractivity contribution in [1.82, 2.24) is 0 Å². The van der Waals surface area contributed by atoms with E-state index in [1.165, 1.54) is 0 Å². The Morgan fingerprint density at radius 1 is 1.00 bits per heavy atom. The zero-order chi connectivity index (χ0) is 15.6. The number of hydrogen-bond donors (Lipinski definition) is 0. The fourth-order valence-electron chi connectivity index (χ4n) is 3.29. The molecule has 0 N–H and O–H groups in total. The van der Waals surface area contributed by atoms with Gasteiger partial charge in [-0.1, -0.05) is 55.5 Å². The Morgan fingerprint density at radius 2 is 1.55 bits per heavy atom. The molecule has 0 unspecified atom stereocenters. The molecule has 0 atom stereocenters. The van der Waals surface area contributed by atoms with Crippen LogP contribution in [0.5, 0.6) is 0 Å². The van der Waals surface area contributed by atoms with Crippen molar-refractivity contribution < 1.29 is 14.3 Å². The number of ether oxygens (including phenoxy) is 2. The van der Waals surface area contributed by atoms with Crippen molar-refractivity contribution in [1.29, 1.82) is 0 Å². The Labute approximate surface area is 130 Å². The number of benzene rings is 2. The van der Waals surface area contributed by atoms with Crippen molar-refractivity contribution in [3.8, 4) is 11.1 Å². The smallest absolute Gasteiger partial charge is 0.323 e. The van der Waals surface area contributed by atoms with Crippen molar-refractivity contribution in [3.63, 3.8) is 0 Å². The summed E-state index contributed by atoms with van der Waals surface area (Å²) in [5.74, 6) is -0.228. The van der Waals surface area contributed by atoms with E-state index in [-0.39, 0.29) is 12.6 Å². The van der Waals surface area contributed by atoms with Gasteiger partial charge in [-0.25, -0.2) is 0 Å². The van der Waals surface area contributed by atoms with Crippen LogP contribution >= 0.6 is 0 Å². The molecule has 0 saturated heterocycles. The average molecular weight is 296 g/mol. The van der Waals surface area contributed by atoms with Crippen LogP contribution in [-0.4, -0.2) is 26.3 Å². The second kappa shape index (κ2) is 5.93. The number of esters is 1. The fourth-order valence-corrected chi connectivity index (χ4v) is 3.29. The molecule has 3 nitrogen and oxygen atoms in total. The third kappa shape index (κ3) is 2.04. The van der Waals surface area contributed by atoms with Crippen LogP contribution in [0, 0.1) is 0 Å². The van der Waals surface area contributed by atoms with E-state index in [1.54, 1.807) is 7.11 Å². The molecule has 0 bridgehead atoms. The normalized spacial score (nSPS) is 14.3. The highest BCUT2D eigenvalue weighted by molar-refractivity contribution is 5.98. The Kier molecular flexibility index (Phi) is 3.99. The Morgan fingerprint density at radius 3 is 2.05 bits per heavy atom. The van der Waals surface area contributed by atoms with Crippen LogP contribution in [0.25, 0.3) is 11.1 Å². The lowest BCUT2D eigenvalue weighted by Crippen LogP contribution is -2.41. The predicted molar refractivity (Wildman–Crippen MR) is 85.8 cm³/mol. The second-order valence-corrected chi connectivity index (χ2v) is 5.57. The molecule has 0 fully saturated rings. The van der Waals surface area contributed by atoms with Gasteiger partial charge in [-0.05, 0) is 28.7 Å². The SMILES string of the molecule is CCCOC(=O)C1(COC)c2ccccc2-c2ccccc21. The highest BCUT2D eigenvalue weighted by Crippen LogP contribution is 2.49. The predicted octanol–water partition coefficient (Wildman–Crippen LogP) is 3.55. The molecule has 114 valence electrons. The first kappa shape index (κ1) is 14.8. The molecule has 1 aliphatic rings. The highest BCUT2D eigenvalue weighted by atomic mass is 16.5. The van der Waals surface area contributed by atoms with Gasteiger partial charge in [0.1, 0.15) is 5.41 Å². The lowest BCUT2D eigenvalue weighted by atomic mass is 9.79. The molecule has 3 rings (SSSR count). The molecule has 2 aromatic carbocycles. The van der Waals surface area contributed by atoms with Crippen molar-refractivity contribution in [2.75, 3.05) is 20.3 Å². The first-order valence-corrected chi connectivity index (χ1v) is 7.61. The molecule has 0 amide bonds. The summed E-state index contributed by atoms with van der Waals surface area (Å²) >= 11 is 0. The first-order valence-electron chi connectivity index (χ1n) is 7.61. The van der Waals surface area contributed by atoms with Gasteiger partial charge in [0.2, 0.25) is 0 Å². The highest BCUT2D eigenvalue weighted by Gasteiger charge is 2.50. The average Bonchev–Trinajstić information content (AvgIpc) is 2.85. The number of carbonyl (C=O) groups is 1. The van der Waals surface area contributed by atoms with Crippen molar-refractivity contribution in [3.05, 3.63) is 59.7 Å². The molecule has 1 aliphatic carbocycles. The van der Waals surface area contributed by atoms with Gasteiger partial charge in [0.25, 0.3) is 0 Å². The summed E-state index contributed by atoms with van der Waals surface area (Å²) in [6, 6.07) is 16.0. The van der Waals surface area contributed by atoms with E-state index in [0.717, 1.165) is 28.7 Å². The van der Waals surface area contributed by atoms with E-state index in [4.69, 9.17) is 9.47 Å². The Balaban J connectivity index is 2.22. The van der Waals surface area contributed by atoms with Gasteiger partial charge >= 0.3 is 5.97 Å². The van der Waals surface area contributed by atoms with Gasteiger partial charge < -0.3 is 9.47 Å².